The van der Waals surface area contributed by atoms with Gasteiger partial charge in [-0.05, 0) is 41.1 Å². The minimum absolute atomic E-state index is 0.283. The summed E-state index contributed by atoms with van der Waals surface area (Å²) in [7, 11) is 0. The third-order valence-electron chi connectivity index (χ3n) is 1.68. The van der Waals surface area contributed by atoms with Crippen molar-refractivity contribution < 1.29 is 0 Å². The third kappa shape index (κ3) is 3.29. The number of hydrogen-bond acceptors (Lipinski definition) is 2. The van der Waals surface area contributed by atoms with E-state index in [4.69, 9.17) is 5.73 Å². The zero-order chi connectivity index (χ0) is 9.84. The van der Waals surface area contributed by atoms with Crippen molar-refractivity contribution in [3.63, 3.8) is 0 Å². The van der Waals surface area contributed by atoms with Crippen molar-refractivity contribution in [1.29, 1.82) is 0 Å². The lowest BCUT2D eigenvalue weighted by Gasteiger charge is -2.14. The first-order valence-electron chi connectivity index (χ1n) is 4.05. The van der Waals surface area contributed by atoms with Gasteiger partial charge in [-0.25, -0.2) is 0 Å². The van der Waals surface area contributed by atoms with E-state index < -0.39 is 0 Å². The maximum Gasteiger partial charge on any atom is 0.0498 e. The fourth-order valence-electron chi connectivity index (χ4n) is 0.932. The molecular weight excluding hydrogens is 296 g/mol. The molecule has 3 N–H and O–H groups in total. The summed E-state index contributed by atoms with van der Waals surface area (Å²) in [5.74, 6) is 0. The largest absolute Gasteiger partial charge is 0.380 e. The van der Waals surface area contributed by atoms with Gasteiger partial charge in [0.25, 0.3) is 0 Å². The van der Waals surface area contributed by atoms with Gasteiger partial charge in [0, 0.05) is 27.2 Å². The van der Waals surface area contributed by atoms with Gasteiger partial charge in [-0.1, -0.05) is 15.9 Å². The maximum atomic E-state index is 5.52. The summed E-state index contributed by atoms with van der Waals surface area (Å²) < 4.78 is 2.11. The second kappa shape index (κ2) is 4.98. The molecule has 1 unspecified atom stereocenters. The second-order valence-electron chi connectivity index (χ2n) is 2.91. The molecule has 4 heteroatoms. The van der Waals surface area contributed by atoms with Crippen LogP contribution >= 0.6 is 31.9 Å². The van der Waals surface area contributed by atoms with Crippen LogP contribution in [0.4, 0.5) is 5.69 Å². The Morgan fingerprint density at radius 1 is 1.46 bits per heavy atom. The Labute approximate surface area is 95.2 Å². The van der Waals surface area contributed by atoms with Crippen molar-refractivity contribution in [3.05, 3.63) is 27.1 Å². The van der Waals surface area contributed by atoms with E-state index in [2.05, 4.69) is 37.2 Å². The van der Waals surface area contributed by atoms with Crippen LogP contribution in [0, 0.1) is 0 Å². The zero-order valence-corrected chi connectivity index (χ0v) is 10.5. The lowest BCUT2D eigenvalue weighted by atomic mass is 10.2. The molecule has 72 valence electrons. The number of hydrogen-bond donors (Lipinski definition) is 2. The quantitative estimate of drug-likeness (QED) is 0.901. The Morgan fingerprint density at radius 3 is 2.77 bits per heavy atom. The molecule has 0 saturated carbocycles. The molecule has 0 radical (unpaired) electrons. The molecule has 0 aromatic heterocycles. The lowest BCUT2D eigenvalue weighted by Crippen LogP contribution is -2.25. The van der Waals surface area contributed by atoms with Gasteiger partial charge >= 0.3 is 0 Å². The number of anilines is 1. The SMILES string of the molecule is CC(CN)Nc1cc(Br)ccc1Br. The van der Waals surface area contributed by atoms with E-state index >= 15 is 0 Å². The molecule has 0 aliphatic rings. The summed E-state index contributed by atoms with van der Waals surface area (Å²) in [5, 5.41) is 3.30. The van der Waals surface area contributed by atoms with Crippen LogP contribution in [0.5, 0.6) is 0 Å². The third-order valence-corrected chi connectivity index (χ3v) is 2.87. The van der Waals surface area contributed by atoms with Gasteiger partial charge < -0.3 is 11.1 Å². The molecule has 0 bridgehead atoms. The lowest BCUT2D eigenvalue weighted by molar-refractivity contribution is 0.803. The van der Waals surface area contributed by atoms with Crippen molar-refractivity contribution in [1.82, 2.24) is 0 Å². The van der Waals surface area contributed by atoms with Crippen LogP contribution in [-0.4, -0.2) is 12.6 Å². The molecule has 0 aliphatic carbocycles. The number of nitrogens with one attached hydrogen (secondary N) is 1. The zero-order valence-electron chi connectivity index (χ0n) is 7.35. The van der Waals surface area contributed by atoms with Crippen molar-refractivity contribution in [2.24, 2.45) is 5.73 Å². The van der Waals surface area contributed by atoms with Crippen LogP contribution in [0.2, 0.25) is 0 Å². The van der Waals surface area contributed by atoms with E-state index in [0.29, 0.717) is 6.54 Å². The first kappa shape index (κ1) is 11.0. The summed E-state index contributed by atoms with van der Waals surface area (Å²) in [6.45, 7) is 2.67. The van der Waals surface area contributed by atoms with E-state index in [-0.39, 0.29) is 6.04 Å². The van der Waals surface area contributed by atoms with Crippen LogP contribution < -0.4 is 11.1 Å². The summed E-state index contributed by atoms with van der Waals surface area (Å²) in [5.41, 5.74) is 6.58. The van der Waals surface area contributed by atoms with Gasteiger partial charge in [0.1, 0.15) is 0 Å². The predicted molar refractivity (Wildman–Crippen MR) is 64.0 cm³/mol. The van der Waals surface area contributed by atoms with Crippen LogP contribution in [0.3, 0.4) is 0 Å². The Morgan fingerprint density at radius 2 is 2.15 bits per heavy atom. The number of nitrogens with two attached hydrogens (primary N) is 1. The minimum atomic E-state index is 0.283. The van der Waals surface area contributed by atoms with E-state index in [9.17, 15) is 0 Å². The highest BCUT2D eigenvalue weighted by Crippen LogP contribution is 2.26. The molecule has 1 aromatic carbocycles. The average Bonchev–Trinajstić information content (AvgIpc) is 2.11. The molecule has 1 aromatic rings. The predicted octanol–water partition coefficient (Wildman–Crippen LogP) is 2.97. The van der Waals surface area contributed by atoms with Crippen LogP contribution in [-0.2, 0) is 0 Å². The maximum absolute atomic E-state index is 5.52. The van der Waals surface area contributed by atoms with Gasteiger partial charge in [-0.2, -0.15) is 0 Å². The Kier molecular flexibility index (Phi) is 4.22. The highest BCUT2D eigenvalue weighted by Gasteiger charge is 2.03. The monoisotopic (exact) mass is 306 g/mol. The summed E-state index contributed by atoms with van der Waals surface area (Å²) in [6.07, 6.45) is 0. The van der Waals surface area contributed by atoms with Gasteiger partial charge in [-0.15, -0.1) is 0 Å². The molecular formula is C9H12Br2N2. The topological polar surface area (TPSA) is 38.0 Å². The van der Waals surface area contributed by atoms with E-state index in [1.807, 2.05) is 25.1 Å². The number of benzene rings is 1. The van der Waals surface area contributed by atoms with E-state index in [1.54, 1.807) is 0 Å². The average molecular weight is 308 g/mol. The highest BCUT2D eigenvalue weighted by molar-refractivity contribution is 9.11. The first-order valence-corrected chi connectivity index (χ1v) is 5.63. The minimum Gasteiger partial charge on any atom is -0.380 e. The summed E-state index contributed by atoms with van der Waals surface area (Å²) in [4.78, 5) is 0. The van der Waals surface area contributed by atoms with Crippen LogP contribution in [0.25, 0.3) is 0 Å². The Bertz CT molecular complexity index is 289. The number of halogens is 2. The van der Waals surface area contributed by atoms with Gasteiger partial charge in [-0.3, -0.25) is 0 Å². The Balaban J connectivity index is 2.81. The van der Waals surface area contributed by atoms with Crippen molar-refractivity contribution in [2.45, 2.75) is 13.0 Å². The van der Waals surface area contributed by atoms with Gasteiger partial charge in [0.05, 0.1) is 0 Å². The second-order valence-corrected chi connectivity index (χ2v) is 4.68. The fourth-order valence-corrected chi connectivity index (χ4v) is 1.65. The van der Waals surface area contributed by atoms with E-state index in [1.165, 1.54) is 0 Å². The van der Waals surface area contributed by atoms with Crippen LogP contribution in [0.1, 0.15) is 6.92 Å². The molecule has 1 rings (SSSR count). The first-order chi connectivity index (χ1) is 6.13. The van der Waals surface area contributed by atoms with Crippen molar-refractivity contribution in [2.75, 3.05) is 11.9 Å². The molecule has 0 aliphatic heterocycles. The highest BCUT2D eigenvalue weighted by atomic mass is 79.9. The van der Waals surface area contributed by atoms with Gasteiger partial charge in [0.15, 0.2) is 0 Å². The summed E-state index contributed by atoms with van der Waals surface area (Å²) in [6, 6.07) is 6.29. The normalized spacial score (nSPS) is 12.6. The van der Waals surface area contributed by atoms with Gasteiger partial charge in [0.2, 0.25) is 0 Å². The molecule has 2 nitrogen and oxygen atoms in total. The van der Waals surface area contributed by atoms with Crippen molar-refractivity contribution in [3.8, 4) is 0 Å². The fraction of sp³-hybridized carbons (Fsp3) is 0.333. The molecule has 0 amide bonds. The van der Waals surface area contributed by atoms with E-state index in [0.717, 1.165) is 14.6 Å². The Hall–Kier alpha value is -0.0600. The number of rotatable bonds is 3. The molecule has 0 heterocycles. The molecule has 0 saturated heterocycles. The van der Waals surface area contributed by atoms with Crippen LogP contribution in [0.15, 0.2) is 27.1 Å². The molecule has 0 fully saturated rings. The molecule has 1 atom stereocenters. The smallest absolute Gasteiger partial charge is 0.0498 e. The van der Waals surface area contributed by atoms with Crippen molar-refractivity contribution >= 4 is 37.5 Å². The standard InChI is InChI=1S/C9H12Br2N2/c1-6(5-12)13-9-4-7(10)2-3-8(9)11/h2-4,6,13H,5,12H2,1H3. The summed E-state index contributed by atoms with van der Waals surface area (Å²) >= 11 is 6.88. The molecule has 13 heavy (non-hydrogen) atoms. The molecule has 0 spiro atoms.